The average molecular weight is 287 g/mol. The fourth-order valence-corrected chi connectivity index (χ4v) is 1.61. The van der Waals surface area contributed by atoms with Crippen LogP contribution in [-0.4, -0.2) is 50.4 Å². The van der Waals surface area contributed by atoms with Crippen LogP contribution in [0, 0.1) is 0 Å². The largest absolute Gasteiger partial charge is 0.462 e. The summed E-state index contributed by atoms with van der Waals surface area (Å²) in [5.41, 5.74) is 0.373. The van der Waals surface area contributed by atoms with Gasteiger partial charge in [-0.3, -0.25) is 0 Å². The summed E-state index contributed by atoms with van der Waals surface area (Å²) >= 11 is 1.27. The number of allylic oxidation sites excluding steroid dienone is 2. The van der Waals surface area contributed by atoms with Crippen molar-refractivity contribution in [2.75, 3.05) is 33.6 Å². The van der Waals surface area contributed by atoms with Crippen molar-refractivity contribution in [2.45, 2.75) is 13.8 Å². The van der Waals surface area contributed by atoms with E-state index in [-0.39, 0.29) is 0 Å². The number of thioether (sulfide) groups is 1. The monoisotopic (exact) mass is 287 g/mol. The highest BCUT2D eigenvalue weighted by Crippen LogP contribution is 2.15. The molecule has 19 heavy (non-hydrogen) atoms. The van der Waals surface area contributed by atoms with Crippen molar-refractivity contribution in [3.63, 3.8) is 0 Å². The summed E-state index contributed by atoms with van der Waals surface area (Å²) in [7, 11) is 3.47. The predicted octanol–water partition coefficient (Wildman–Crippen LogP) is 1.81. The first-order valence-electron chi connectivity index (χ1n) is 5.95. The minimum Gasteiger partial charge on any atom is -0.462 e. The number of carbonyl (C=O) groups is 2. The lowest BCUT2D eigenvalue weighted by Gasteiger charge is -2.15. The van der Waals surface area contributed by atoms with Gasteiger partial charge >= 0.3 is 11.9 Å². The molecule has 0 saturated carbocycles. The Kier molecular flexibility index (Phi) is 8.78. The van der Waals surface area contributed by atoms with E-state index in [1.54, 1.807) is 51.3 Å². The van der Waals surface area contributed by atoms with Crippen LogP contribution in [0.3, 0.4) is 0 Å². The van der Waals surface area contributed by atoms with E-state index in [1.807, 2.05) is 0 Å². The third-order valence-corrected chi connectivity index (χ3v) is 2.80. The summed E-state index contributed by atoms with van der Waals surface area (Å²) in [6, 6.07) is 0. The smallest absolute Gasteiger partial charge is 0.354 e. The molecule has 0 atom stereocenters. The van der Waals surface area contributed by atoms with Crippen molar-refractivity contribution in [1.29, 1.82) is 0 Å². The molecule has 0 amide bonds. The fourth-order valence-electron chi connectivity index (χ4n) is 1.18. The third kappa shape index (κ3) is 6.33. The van der Waals surface area contributed by atoms with Crippen molar-refractivity contribution in [1.82, 2.24) is 4.90 Å². The number of nitrogens with zero attached hydrogens (tertiary/aromatic N) is 1. The molecule has 0 unspecified atom stereocenters. The van der Waals surface area contributed by atoms with Gasteiger partial charge in [-0.25, -0.2) is 9.59 Å². The lowest BCUT2D eigenvalue weighted by Crippen LogP contribution is -2.21. The first kappa shape index (κ1) is 17.6. The van der Waals surface area contributed by atoms with Gasteiger partial charge in [0.05, 0.1) is 18.1 Å². The molecular weight excluding hydrogens is 266 g/mol. The molecule has 0 spiro atoms. The van der Waals surface area contributed by atoms with Crippen LogP contribution in [0.5, 0.6) is 0 Å². The highest BCUT2D eigenvalue weighted by atomic mass is 32.2. The van der Waals surface area contributed by atoms with Gasteiger partial charge in [-0.1, -0.05) is 0 Å². The van der Waals surface area contributed by atoms with Crippen LogP contribution < -0.4 is 0 Å². The van der Waals surface area contributed by atoms with Crippen molar-refractivity contribution >= 4 is 23.7 Å². The zero-order valence-electron chi connectivity index (χ0n) is 12.1. The summed E-state index contributed by atoms with van der Waals surface area (Å²) < 4.78 is 9.85. The molecule has 0 fully saturated rings. The molecule has 0 aliphatic heterocycles. The van der Waals surface area contributed by atoms with Gasteiger partial charge in [-0.15, -0.1) is 11.8 Å². The predicted molar refractivity (Wildman–Crippen MR) is 76.6 cm³/mol. The molecule has 0 aliphatic rings. The summed E-state index contributed by atoms with van der Waals surface area (Å²) in [4.78, 5) is 25.4. The minimum absolute atomic E-state index is 0.307. The zero-order valence-corrected chi connectivity index (χ0v) is 12.9. The Morgan fingerprint density at radius 3 is 2.00 bits per heavy atom. The van der Waals surface area contributed by atoms with Gasteiger partial charge < -0.3 is 14.4 Å². The maximum absolute atomic E-state index is 11.7. The standard InChI is InChI=1S/C13H21NO4S/c1-6-17-12(15)10(14(3)4)8-9-11(19-5)13(16)18-7-2/h8-9H,6-7H2,1-5H3. The molecule has 0 aromatic heterocycles. The molecule has 0 aliphatic carbocycles. The lowest BCUT2D eigenvalue weighted by molar-refractivity contribution is -0.140. The second-order valence-electron chi connectivity index (χ2n) is 3.62. The Hall–Kier alpha value is -1.43. The number of hydrogen-bond acceptors (Lipinski definition) is 6. The van der Waals surface area contributed by atoms with E-state index < -0.39 is 11.9 Å². The van der Waals surface area contributed by atoms with E-state index in [0.29, 0.717) is 23.8 Å². The topological polar surface area (TPSA) is 55.8 Å². The van der Waals surface area contributed by atoms with Crippen LogP contribution in [0.4, 0.5) is 0 Å². The Morgan fingerprint density at radius 2 is 1.58 bits per heavy atom. The molecule has 0 saturated heterocycles. The first-order valence-corrected chi connectivity index (χ1v) is 7.17. The van der Waals surface area contributed by atoms with Crippen LogP contribution in [0.25, 0.3) is 0 Å². The number of ether oxygens (including phenoxy) is 2. The quantitative estimate of drug-likeness (QED) is 0.404. The molecule has 0 rings (SSSR count). The second-order valence-corrected chi connectivity index (χ2v) is 4.47. The maximum Gasteiger partial charge on any atom is 0.354 e. The van der Waals surface area contributed by atoms with Crippen molar-refractivity contribution < 1.29 is 19.1 Å². The summed E-state index contributed by atoms with van der Waals surface area (Å²) in [6.07, 6.45) is 4.89. The average Bonchev–Trinajstić information content (AvgIpc) is 2.34. The number of hydrogen-bond donors (Lipinski definition) is 0. The normalized spacial score (nSPS) is 12.1. The Bertz CT molecular complexity index is 375. The molecule has 0 N–H and O–H groups in total. The van der Waals surface area contributed by atoms with E-state index in [9.17, 15) is 9.59 Å². The van der Waals surface area contributed by atoms with Crippen molar-refractivity contribution in [2.24, 2.45) is 0 Å². The van der Waals surface area contributed by atoms with Gasteiger partial charge in [0.1, 0.15) is 5.70 Å². The lowest BCUT2D eigenvalue weighted by atomic mass is 10.3. The van der Waals surface area contributed by atoms with Crippen LogP contribution in [0.2, 0.25) is 0 Å². The molecule has 0 heterocycles. The molecule has 5 nitrogen and oxygen atoms in total. The molecule has 0 radical (unpaired) electrons. The van der Waals surface area contributed by atoms with Gasteiger partial charge in [-0.2, -0.15) is 0 Å². The van der Waals surface area contributed by atoms with Gasteiger partial charge in [-0.05, 0) is 32.3 Å². The Balaban J connectivity index is 5.11. The highest BCUT2D eigenvalue weighted by Gasteiger charge is 2.13. The van der Waals surface area contributed by atoms with E-state index in [1.165, 1.54) is 11.8 Å². The number of likely N-dealkylation sites (N-methyl/N-ethyl adjacent to an activating group) is 1. The first-order chi connectivity index (χ1) is 8.97. The van der Waals surface area contributed by atoms with Gasteiger partial charge in [0.25, 0.3) is 0 Å². The molecular formula is C13H21NO4S. The Morgan fingerprint density at radius 1 is 1.05 bits per heavy atom. The van der Waals surface area contributed by atoms with E-state index in [2.05, 4.69) is 0 Å². The minimum atomic E-state index is -0.423. The number of rotatable bonds is 7. The van der Waals surface area contributed by atoms with E-state index >= 15 is 0 Å². The van der Waals surface area contributed by atoms with Crippen LogP contribution >= 0.6 is 11.8 Å². The van der Waals surface area contributed by atoms with Crippen LogP contribution in [-0.2, 0) is 19.1 Å². The summed E-state index contributed by atoms with van der Waals surface area (Å²) in [6.45, 7) is 4.11. The molecule has 0 aromatic rings. The maximum atomic E-state index is 11.7. The summed E-state index contributed by atoms with van der Waals surface area (Å²) in [5, 5.41) is 0. The van der Waals surface area contributed by atoms with E-state index in [4.69, 9.17) is 9.47 Å². The van der Waals surface area contributed by atoms with Crippen molar-refractivity contribution in [3.05, 3.63) is 22.8 Å². The number of carbonyl (C=O) groups excluding carboxylic acids is 2. The van der Waals surface area contributed by atoms with Gasteiger partial charge in [0, 0.05) is 14.1 Å². The van der Waals surface area contributed by atoms with Crippen molar-refractivity contribution in [3.8, 4) is 0 Å². The van der Waals surface area contributed by atoms with Gasteiger partial charge in [0.2, 0.25) is 0 Å². The van der Waals surface area contributed by atoms with Crippen LogP contribution in [0.15, 0.2) is 22.8 Å². The molecule has 6 heteroatoms. The number of esters is 2. The molecule has 0 aromatic carbocycles. The second kappa shape index (κ2) is 9.49. The fraction of sp³-hybridized carbons (Fsp3) is 0.538. The highest BCUT2D eigenvalue weighted by molar-refractivity contribution is 8.03. The van der Waals surface area contributed by atoms with E-state index in [0.717, 1.165) is 0 Å². The SMILES string of the molecule is CCOC(=O)C(=CC=C(C(=O)OCC)N(C)C)SC. The zero-order chi connectivity index (χ0) is 14.8. The van der Waals surface area contributed by atoms with Crippen LogP contribution in [0.1, 0.15) is 13.8 Å². The molecule has 0 bridgehead atoms. The molecule has 108 valence electrons. The third-order valence-electron chi connectivity index (χ3n) is 2.06. The van der Waals surface area contributed by atoms with Gasteiger partial charge in [0.15, 0.2) is 0 Å². The summed E-state index contributed by atoms with van der Waals surface area (Å²) in [5.74, 6) is -0.818. The Labute approximate surface area is 118 Å².